The summed E-state index contributed by atoms with van der Waals surface area (Å²) in [5, 5.41) is 2.69. The fourth-order valence-corrected chi connectivity index (χ4v) is 2.28. The largest absolute Gasteiger partial charge is 0.355 e. The lowest BCUT2D eigenvalue weighted by atomic mass is 9.54. The van der Waals surface area contributed by atoms with Crippen LogP contribution in [0.2, 0.25) is 0 Å². The third kappa shape index (κ3) is 0.641. The smallest absolute Gasteiger partial charge is 0.194 e. The predicted molar refractivity (Wildman–Crippen MR) is 60.8 cm³/mol. The Bertz CT molecular complexity index is 666. The van der Waals surface area contributed by atoms with Crippen molar-refractivity contribution in [2.24, 2.45) is 0 Å². The highest BCUT2D eigenvalue weighted by Crippen LogP contribution is 2.24. The van der Waals surface area contributed by atoms with Crippen molar-refractivity contribution in [2.75, 3.05) is 0 Å². The van der Waals surface area contributed by atoms with Crippen molar-refractivity contribution in [1.29, 1.82) is 0 Å². The minimum Gasteiger partial charge on any atom is -0.355 e. The molecule has 0 saturated carbocycles. The molecule has 14 heavy (non-hydrogen) atoms. The molecule has 2 aliphatic heterocycles. The van der Waals surface area contributed by atoms with Crippen molar-refractivity contribution >= 4 is 40.0 Å². The maximum absolute atomic E-state index is 3.46. The van der Waals surface area contributed by atoms with Gasteiger partial charge < -0.3 is 4.98 Å². The molecular weight excluding hydrogens is 169 g/mol. The molecule has 1 nitrogen and oxygen atoms in total. The number of H-pyrrole nitrogens is 1. The van der Waals surface area contributed by atoms with Crippen LogP contribution < -0.4 is 10.9 Å². The number of nitrogens with one attached hydrogen (secondary N) is 1. The average molecular weight is 176 g/mol. The zero-order valence-corrected chi connectivity index (χ0v) is 7.54. The van der Waals surface area contributed by atoms with Crippen molar-refractivity contribution in [3.05, 3.63) is 36.4 Å². The van der Waals surface area contributed by atoms with Gasteiger partial charge in [0, 0.05) is 21.8 Å². The molecule has 0 saturated heterocycles. The molecule has 0 fully saturated rings. The minimum absolute atomic E-state index is 1.23. The Morgan fingerprint density at radius 3 is 2.79 bits per heavy atom. The first-order valence-electron chi connectivity index (χ1n) is 4.81. The zero-order valence-electron chi connectivity index (χ0n) is 7.54. The molecule has 1 aromatic heterocycles. The summed E-state index contributed by atoms with van der Waals surface area (Å²) >= 11 is 0. The van der Waals surface area contributed by atoms with E-state index in [0.29, 0.717) is 0 Å². The summed E-state index contributed by atoms with van der Waals surface area (Å²) in [6.45, 7) is 0. The lowest BCUT2D eigenvalue weighted by molar-refractivity contribution is 1.56. The van der Waals surface area contributed by atoms with Crippen LogP contribution in [-0.2, 0) is 0 Å². The van der Waals surface area contributed by atoms with Crippen molar-refractivity contribution in [2.45, 2.75) is 0 Å². The van der Waals surface area contributed by atoms with Crippen LogP contribution in [-0.4, -0.2) is 12.3 Å². The standard InChI is InChI=1S/C12H7BN/c1-2-4-11-8(3-1)9-5-7-6-10(13-7)12(9)14-11/h1-6,14H. The first kappa shape index (κ1) is 6.71. The van der Waals surface area contributed by atoms with Crippen molar-refractivity contribution < 1.29 is 0 Å². The van der Waals surface area contributed by atoms with E-state index in [1.54, 1.807) is 0 Å². The molecule has 3 heterocycles. The molecule has 3 aromatic rings. The van der Waals surface area contributed by atoms with Gasteiger partial charge in [0.2, 0.25) is 0 Å². The molecule has 0 aliphatic carbocycles. The second kappa shape index (κ2) is 2.03. The molecule has 1 radical (unpaired) electrons. The number of hydrogen-bond donors (Lipinski definition) is 1. The number of benzene rings is 2. The van der Waals surface area contributed by atoms with Gasteiger partial charge in [-0.1, -0.05) is 41.3 Å². The maximum atomic E-state index is 3.46. The van der Waals surface area contributed by atoms with Gasteiger partial charge in [0.15, 0.2) is 7.28 Å². The zero-order chi connectivity index (χ0) is 9.12. The summed E-state index contributed by atoms with van der Waals surface area (Å²) < 4.78 is 0. The first-order valence-corrected chi connectivity index (χ1v) is 4.81. The van der Waals surface area contributed by atoms with Gasteiger partial charge in [-0.15, -0.1) is 0 Å². The SMILES string of the molecule is [B]1c2cc1c1[nH]c3ccccc3c1c2. The maximum Gasteiger partial charge on any atom is 0.194 e. The molecule has 1 N–H and O–H groups in total. The molecule has 2 aliphatic rings. The fourth-order valence-electron chi connectivity index (χ4n) is 2.28. The molecule has 2 bridgehead atoms. The van der Waals surface area contributed by atoms with E-state index in [2.05, 4.69) is 48.7 Å². The van der Waals surface area contributed by atoms with Crippen molar-refractivity contribution in [3.63, 3.8) is 0 Å². The Morgan fingerprint density at radius 2 is 1.86 bits per heavy atom. The monoisotopic (exact) mass is 176 g/mol. The van der Waals surface area contributed by atoms with Gasteiger partial charge in [-0.05, 0) is 6.07 Å². The summed E-state index contributed by atoms with van der Waals surface area (Å²) in [5.74, 6) is 0. The Morgan fingerprint density at radius 1 is 1.00 bits per heavy atom. The summed E-state index contributed by atoms with van der Waals surface area (Å²) in [6.07, 6.45) is 0. The summed E-state index contributed by atoms with van der Waals surface area (Å²) in [7, 11) is 2.22. The highest BCUT2D eigenvalue weighted by molar-refractivity contribution is 6.76. The van der Waals surface area contributed by atoms with Gasteiger partial charge in [0.1, 0.15) is 0 Å². The molecule has 63 valence electrons. The molecule has 0 unspecified atom stereocenters. The topological polar surface area (TPSA) is 15.8 Å². The third-order valence-corrected chi connectivity index (χ3v) is 2.99. The molecule has 0 amide bonds. The van der Waals surface area contributed by atoms with E-state index >= 15 is 0 Å². The average Bonchev–Trinajstić information content (AvgIpc) is 2.54. The Hall–Kier alpha value is -1.70. The lowest BCUT2D eigenvalue weighted by Crippen LogP contribution is -2.40. The van der Waals surface area contributed by atoms with Crippen LogP contribution in [0.5, 0.6) is 0 Å². The number of para-hydroxylation sites is 1. The lowest BCUT2D eigenvalue weighted by Gasteiger charge is -2.14. The number of aromatic amines is 1. The van der Waals surface area contributed by atoms with E-state index in [9.17, 15) is 0 Å². The van der Waals surface area contributed by atoms with Crippen LogP contribution in [0.1, 0.15) is 0 Å². The fraction of sp³-hybridized carbons (Fsp3) is 0. The van der Waals surface area contributed by atoms with Crippen molar-refractivity contribution in [1.82, 2.24) is 4.98 Å². The van der Waals surface area contributed by atoms with Gasteiger partial charge in [-0.25, -0.2) is 0 Å². The van der Waals surface area contributed by atoms with E-state index in [4.69, 9.17) is 0 Å². The second-order valence-corrected chi connectivity index (χ2v) is 3.85. The van der Waals surface area contributed by atoms with Crippen LogP contribution in [0, 0.1) is 0 Å². The van der Waals surface area contributed by atoms with Crippen LogP contribution in [0.15, 0.2) is 36.4 Å². The molecule has 2 heteroatoms. The van der Waals surface area contributed by atoms with Gasteiger partial charge in [0.05, 0.1) is 0 Å². The third-order valence-electron chi connectivity index (χ3n) is 2.99. The second-order valence-electron chi connectivity index (χ2n) is 3.85. The number of rotatable bonds is 0. The summed E-state index contributed by atoms with van der Waals surface area (Å²) in [5.41, 5.74) is 5.20. The highest BCUT2D eigenvalue weighted by Gasteiger charge is 2.17. The number of fused-ring (bicyclic) bond motifs is 1. The Kier molecular flexibility index (Phi) is 0.975. The predicted octanol–water partition coefficient (Wildman–Crippen LogP) is 1.29. The van der Waals surface area contributed by atoms with Gasteiger partial charge in [0.25, 0.3) is 0 Å². The van der Waals surface area contributed by atoms with E-state index < -0.39 is 0 Å². The summed E-state index contributed by atoms with van der Waals surface area (Å²) in [4.78, 5) is 3.46. The Labute approximate surface area is 82.0 Å². The minimum atomic E-state index is 1.23. The quantitative estimate of drug-likeness (QED) is 0.388. The van der Waals surface area contributed by atoms with Gasteiger partial charge in [-0.3, -0.25) is 0 Å². The molecule has 5 rings (SSSR count). The van der Waals surface area contributed by atoms with E-state index in [0.717, 1.165) is 0 Å². The molecular formula is C12H7BN. The molecule has 0 atom stereocenters. The van der Waals surface area contributed by atoms with Gasteiger partial charge in [-0.2, -0.15) is 0 Å². The van der Waals surface area contributed by atoms with Crippen LogP contribution >= 0.6 is 0 Å². The summed E-state index contributed by atoms with van der Waals surface area (Å²) in [6, 6.07) is 12.9. The van der Waals surface area contributed by atoms with E-state index in [1.807, 2.05) is 0 Å². The highest BCUT2D eigenvalue weighted by atomic mass is 14.7. The van der Waals surface area contributed by atoms with Crippen LogP contribution in [0.25, 0.3) is 21.8 Å². The van der Waals surface area contributed by atoms with Crippen LogP contribution in [0.3, 0.4) is 0 Å². The normalized spacial score (nSPS) is 12.9. The van der Waals surface area contributed by atoms with E-state index in [1.165, 1.54) is 32.7 Å². The molecule has 0 spiro atoms. The van der Waals surface area contributed by atoms with Crippen LogP contribution in [0.4, 0.5) is 0 Å². The number of hydrogen-bond acceptors (Lipinski definition) is 0. The number of aromatic nitrogens is 1. The van der Waals surface area contributed by atoms with Gasteiger partial charge >= 0.3 is 0 Å². The van der Waals surface area contributed by atoms with E-state index in [-0.39, 0.29) is 0 Å². The molecule has 2 aromatic carbocycles. The van der Waals surface area contributed by atoms with Crippen molar-refractivity contribution in [3.8, 4) is 0 Å². The Balaban J connectivity index is 2.37. The first-order chi connectivity index (χ1) is 6.92.